The van der Waals surface area contributed by atoms with E-state index in [0.29, 0.717) is 24.9 Å². The second kappa shape index (κ2) is 11.5. The minimum absolute atomic E-state index is 0.174. The van der Waals surface area contributed by atoms with Gasteiger partial charge in [0.2, 0.25) is 0 Å². The molecule has 4 aliphatic rings. The number of unbranched alkanes of at least 4 members (excludes halogenated alkanes) is 1. The van der Waals surface area contributed by atoms with Crippen LogP contribution < -0.4 is 16.8 Å². The number of allylic oxidation sites excluding steroid dienone is 2. The summed E-state index contributed by atoms with van der Waals surface area (Å²) in [7, 11) is 0. The van der Waals surface area contributed by atoms with Crippen LogP contribution in [0.1, 0.15) is 52.4 Å². The summed E-state index contributed by atoms with van der Waals surface area (Å²) in [6.07, 6.45) is 10.5. The number of nitrogens with one attached hydrogen (secondary N) is 1. The van der Waals surface area contributed by atoms with Gasteiger partial charge in [-0.25, -0.2) is 9.79 Å². The number of nitrogens with two attached hydrogens (primary N) is 2. The average molecular weight is 472 g/mol. The summed E-state index contributed by atoms with van der Waals surface area (Å²) < 4.78 is 5.68. The van der Waals surface area contributed by atoms with Crippen LogP contribution in [-0.2, 0) is 4.74 Å². The molecule has 0 aromatic rings. The second-order valence-corrected chi connectivity index (χ2v) is 10.1. The van der Waals surface area contributed by atoms with E-state index in [0.717, 1.165) is 57.8 Å². The summed E-state index contributed by atoms with van der Waals surface area (Å²) in [6.45, 7) is 9.55. The number of amidine groups is 2. The van der Waals surface area contributed by atoms with Crippen LogP contribution in [-0.4, -0.2) is 79.2 Å². The van der Waals surface area contributed by atoms with E-state index < -0.39 is 12.2 Å². The number of carbonyl (C=O) groups excluding carboxylic acids is 1. The highest BCUT2D eigenvalue weighted by molar-refractivity contribution is 6.12. The van der Waals surface area contributed by atoms with Gasteiger partial charge in [-0.1, -0.05) is 38.0 Å². The van der Waals surface area contributed by atoms with Crippen molar-refractivity contribution in [1.82, 2.24) is 15.1 Å². The van der Waals surface area contributed by atoms with Gasteiger partial charge in [-0.05, 0) is 69.1 Å². The molecule has 0 bridgehead atoms. The van der Waals surface area contributed by atoms with E-state index in [1.165, 1.54) is 24.0 Å². The first-order valence-electron chi connectivity index (χ1n) is 12.9. The molecule has 3 heterocycles. The van der Waals surface area contributed by atoms with Crippen LogP contribution in [0.4, 0.5) is 4.79 Å². The molecule has 3 unspecified atom stereocenters. The number of hydrogen-bond acceptors (Lipinski definition) is 7. The van der Waals surface area contributed by atoms with Gasteiger partial charge in [0, 0.05) is 6.54 Å². The molecule has 3 aliphatic heterocycles. The largest absolute Gasteiger partial charge is 0.464 e. The van der Waals surface area contributed by atoms with Crippen molar-refractivity contribution in [2.45, 2.75) is 64.6 Å². The van der Waals surface area contributed by atoms with Crippen LogP contribution in [0.2, 0.25) is 0 Å². The van der Waals surface area contributed by atoms with Gasteiger partial charge < -0.3 is 21.5 Å². The zero-order chi connectivity index (χ0) is 24.1. The number of ether oxygens (including phenoxy) is 1. The predicted molar refractivity (Wildman–Crippen MR) is 136 cm³/mol. The lowest BCUT2D eigenvalue weighted by Crippen LogP contribution is -2.48. The highest BCUT2D eigenvalue weighted by Crippen LogP contribution is 2.29. The van der Waals surface area contributed by atoms with Gasteiger partial charge in [-0.2, -0.15) is 4.99 Å². The van der Waals surface area contributed by atoms with Gasteiger partial charge in [0.15, 0.2) is 0 Å². The van der Waals surface area contributed by atoms with Gasteiger partial charge in [0.1, 0.15) is 18.0 Å². The topological polar surface area (TPSA) is 122 Å². The van der Waals surface area contributed by atoms with Crippen molar-refractivity contribution in [3.8, 4) is 0 Å². The number of nitrogens with zero attached hydrogens (tertiary/aromatic N) is 4. The summed E-state index contributed by atoms with van der Waals surface area (Å²) in [5.41, 5.74) is 14.6. The van der Waals surface area contributed by atoms with Crippen LogP contribution in [0.5, 0.6) is 0 Å². The maximum absolute atomic E-state index is 12.8. The third-order valence-corrected chi connectivity index (χ3v) is 7.40. The zero-order valence-electron chi connectivity index (χ0n) is 20.7. The molecule has 0 saturated carbocycles. The lowest BCUT2D eigenvalue weighted by atomic mass is 9.87. The first kappa shape index (κ1) is 24.9. The Morgan fingerprint density at radius 1 is 1.24 bits per heavy atom. The highest BCUT2D eigenvalue weighted by Gasteiger charge is 2.42. The van der Waals surface area contributed by atoms with E-state index in [4.69, 9.17) is 16.2 Å². The van der Waals surface area contributed by atoms with Crippen LogP contribution >= 0.6 is 0 Å². The molecule has 4 rings (SSSR count). The summed E-state index contributed by atoms with van der Waals surface area (Å²) in [4.78, 5) is 25.9. The van der Waals surface area contributed by atoms with Crippen molar-refractivity contribution in [2.75, 3.05) is 39.3 Å². The van der Waals surface area contributed by atoms with Crippen molar-refractivity contribution in [3.05, 3.63) is 23.3 Å². The lowest BCUT2D eigenvalue weighted by Gasteiger charge is -2.34. The number of hydrogen-bond donors (Lipinski definition) is 3. The lowest BCUT2D eigenvalue weighted by molar-refractivity contribution is 0.190. The van der Waals surface area contributed by atoms with Crippen molar-refractivity contribution < 1.29 is 9.53 Å². The molecular weight excluding hydrogens is 430 g/mol. The number of rotatable bonds is 9. The Morgan fingerprint density at radius 3 is 2.74 bits per heavy atom. The Morgan fingerprint density at radius 2 is 2.03 bits per heavy atom. The Bertz CT molecular complexity index is 857. The first-order chi connectivity index (χ1) is 16.5. The number of aliphatic imine (C=N–C) groups is 2. The van der Waals surface area contributed by atoms with E-state index in [-0.39, 0.29) is 12.1 Å². The Hall–Kier alpha value is -2.23. The molecule has 1 aliphatic carbocycles. The van der Waals surface area contributed by atoms with Crippen molar-refractivity contribution >= 4 is 17.9 Å². The van der Waals surface area contributed by atoms with Crippen molar-refractivity contribution in [2.24, 2.45) is 33.3 Å². The molecular formula is C25H41N7O2. The fraction of sp³-hybridized carbons (Fsp3) is 0.720. The molecule has 0 aromatic carbocycles. The fourth-order valence-electron chi connectivity index (χ4n) is 5.22. The molecule has 0 aromatic heterocycles. The summed E-state index contributed by atoms with van der Waals surface area (Å²) in [5.74, 6) is 1.77. The smallest absolute Gasteiger partial charge is 0.323 e. The SMILES string of the molecule is CCCCOC1=NC(N)C2NC(=O)N(CC3=CC=C(CN4CCC(CCN)CC4)CC3C)C2=N1. The zero-order valence-corrected chi connectivity index (χ0v) is 20.7. The normalized spacial score (nSPS) is 28.1. The molecule has 9 nitrogen and oxygen atoms in total. The number of piperidine rings is 1. The number of urea groups is 1. The van der Waals surface area contributed by atoms with Gasteiger partial charge in [-0.3, -0.25) is 9.80 Å². The Labute approximate surface area is 203 Å². The van der Waals surface area contributed by atoms with E-state index >= 15 is 0 Å². The number of likely N-dealkylation sites (tertiary alicyclic amines) is 1. The predicted octanol–water partition coefficient (Wildman–Crippen LogP) is 2.20. The number of carbonyl (C=O) groups is 1. The van der Waals surface area contributed by atoms with Crippen molar-refractivity contribution in [3.63, 3.8) is 0 Å². The third kappa shape index (κ3) is 5.87. The minimum Gasteiger partial charge on any atom is -0.464 e. The van der Waals surface area contributed by atoms with E-state index in [1.807, 2.05) is 0 Å². The Balaban J connectivity index is 1.38. The maximum atomic E-state index is 12.8. The summed E-state index contributed by atoms with van der Waals surface area (Å²) >= 11 is 0. The van der Waals surface area contributed by atoms with Crippen LogP contribution in [0, 0.1) is 11.8 Å². The van der Waals surface area contributed by atoms with Crippen LogP contribution in [0.3, 0.4) is 0 Å². The molecule has 0 radical (unpaired) electrons. The fourth-order valence-corrected chi connectivity index (χ4v) is 5.22. The quantitative estimate of drug-likeness (QED) is 0.445. The molecule has 34 heavy (non-hydrogen) atoms. The third-order valence-electron chi connectivity index (χ3n) is 7.40. The number of fused-ring (bicyclic) bond motifs is 1. The first-order valence-corrected chi connectivity index (χ1v) is 12.9. The summed E-state index contributed by atoms with van der Waals surface area (Å²) in [6, 6.07) is -0.303. The number of amides is 2. The molecule has 2 amide bonds. The van der Waals surface area contributed by atoms with Gasteiger partial charge >= 0.3 is 12.1 Å². The standard InChI is InChI=1S/C25H41N7O2/c1-3-4-13-34-24-29-22(27)21-23(30-24)32(25(33)28-21)16-20-6-5-19(14-17(20)2)15-31-11-8-18(7-10-26)9-12-31/h5-6,17-18,21-22H,3-4,7-16,26-27H2,1-2H3,(H,28,33). The van der Waals surface area contributed by atoms with Crippen molar-refractivity contribution in [1.29, 1.82) is 0 Å². The molecule has 2 fully saturated rings. The van der Waals surface area contributed by atoms with Crippen LogP contribution in [0.15, 0.2) is 33.3 Å². The Kier molecular flexibility index (Phi) is 8.39. The summed E-state index contributed by atoms with van der Waals surface area (Å²) in [5, 5.41) is 2.93. The van der Waals surface area contributed by atoms with Gasteiger partial charge in [0.05, 0.1) is 13.2 Å². The molecule has 9 heteroatoms. The highest BCUT2D eigenvalue weighted by atomic mass is 16.5. The van der Waals surface area contributed by atoms with Gasteiger partial charge in [-0.15, -0.1) is 0 Å². The van der Waals surface area contributed by atoms with E-state index in [9.17, 15) is 4.79 Å². The maximum Gasteiger partial charge on any atom is 0.323 e. The van der Waals surface area contributed by atoms with E-state index in [2.05, 4.69) is 46.2 Å². The second-order valence-electron chi connectivity index (χ2n) is 10.1. The molecule has 3 atom stereocenters. The monoisotopic (exact) mass is 471 g/mol. The molecule has 0 spiro atoms. The van der Waals surface area contributed by atoms with Crippen LogP contribution in [0.25, 0.3) is 0 Å². The molecule has 2 saturated heterocycles. The van der Waals surface area contributed by atoms with E-state index in [1.54, 1.807) is 4.90 Å². The minimum atomic E-state index is -0.587. The van der Waals surface area contributed by atoms with Gasteiger partial charge in [0.25, 0.3) is 0 Å². The molecule has 188 valence electrons. The average Bonchev–Trinajstić information content (AvgIpc) is 3.13. The molecule has 5 N–H and O–H groups in total.